The number of methoxy groups -OCH3 is 1. The highest BCUT2D eigenvalue weighted by Crippen LogP contribution is 2.53. The van der Waals surface area contributed by atoms with Crippen LogP contribution >= 0.6 is 0 Å². The Hall–Kier alpha value is -1.22. The van der Waals surface area contributed by atoms with E-state index in [2.05, 4.69) is 26.8 Å². The zero-order valence-corrected chi connectivity index (χ0v) is 11.7. The molecule has 0 unspecified atom stereocenters. The van der Waals surface area contributed by atoms with E-state index in [0.29, 0.717) is 12.3 Å². The fourth-order valence-electron chi connectivity index (χ4n) is 2.34. The predicted molar refractivity (Wildman–Crippen MR) is 73.3 cm³/mol. The molecule has 0 aromatic heterocycles. The van der Waals surface area contributed by atoms with Gasteiger partial charge in [0.15, 0.2) is 11.5 Å². The second-order valence-electron chi connectivity index (χ2n) is 6.31. The molecule has 0 spiro atoms. The van der Waals surface area contributed by atoms with E-state index < -0.39 is 0 Å². The molecule has 100 valence electrons. The van der Waals surface area contributed by atoms with Crippen molar-refractivity contribution in [1.82, 2.24) is 0 Å². The van der Waals surface area contributed by atoms with Gasteiger partial charge in [-0.15, -0.1) is 0 Å². The summed E-state index contributed by atoms with van der Waals surface area (Å²) in [6, 6.07) is 4.02. The van der Waals surface area contributed by atoms with Crippen molar-refractivity contribution in [2.45, 2.75) is 44.4 Å². The van der Waals surface area contributed by atoms with Crippen molar-refractivity contribution in [3.8, 4) is 11.5 Å². The van der Waals surface area contributed by atoms with Crippen molar-refractivity contribution < 1.29 is 9.84 Å². The maximum absolute atomic E-state index is 10.3. The predicted octanol–water partition coefficient (Wildman–Crippen LogP) is 2.69. The van der Waals surface area contributed by atoms with Gasteiger partial charge in [-0.1, -0.05) is 26.8 Å². The topological polar surface area (TPSA) is 55.5 Å². The molecule has 3 nitrogen and oxygen atoms in total. The maximum atomic E-state index is 10.3. The molecule has 0 saturated heterocycles. The fraction of sp³-hybridized carbons (Fsp3) is 0.600. The molecule has 2 rings (SSSR count). The summed E-state index contributed by atoms with van der Waals surface area (Å²) in [5, 5.41) is 10.3. The van der Waals surface area contributed by atoms with Gasteiger partial charge in [-0.2, -0.15) is 0 Å². The molecule has 1 aliphatic rings. The minimum absolute atomic E-state index is 0.0282. The van der Waals surface area contributed by atoms with Crippen LogP contribution in [0.5, 0.6) is 11.5 Å². The summed E-state index contributed by atoms with van der Waals surface area (Å²) >= 11 is 0. The van der Waals surface area contributed by atoms with Gasteiger partial charge in [-0.05, 0) is 29.9 Å². The Morgan fingerprint density at radius 1 is 1.33 bits per heavy atom. The molecule has 3 N–H and O–H groups in total. The van der Waals surface area contributed by atoms with E-state index in [1.54, 1.807) is 7.11 Å². The monoisotopic (exact) mass is 249 g/mol. The highest BCUT2D eigenvalue weighted by molar-refractivity contribution is 5.55. The zero-order chi connectivity index (χ0) is 13.6. The summed E-state index contributed by atoms with van der Waals surface area (Å²) in [4.78, 5) is 0. The van der Waals surface area contributed by atoms with E-state index in [4.69, 9.17) is 10.5 Å². The zero-order valence-electron chi connectivity index (χ0n) is 11.7. The number of hydrogen-bond donors (Lipinski definition) is 2. The van der Waals surface area contributed by atoms with Crippen molar-refractivity contribution in [3.63, 3.8) is 0 Å². The number of nitrogens with two attached hydrogens (primary N) is 1. The Balaban J connectivity index is 2.58. The van der Waals surface area contributed by atoms with Gasteiger partial charge >= 0.3 is 0 Å². The number of rotatable bonds is 3. The maximum Gasteiger partial charge on any atom is 0.161 e. The van der Waals surface area contributed by atoms with Gasteiger partial charge in [-0.25, -0.2) is 0 Å². The van der Waals surface area contributed by atoms with E-state index in [9.17, 15) is 5.11 Å². The molecular weight excluding hydrogens is 226 g/mol. The Bertz CT molecular complexity index is 456. The standard InChI is InChI=1S/C15H23NO2/c1-14(2,3)10-7-11(15(9-16)5-6-15)13(17)12(8-10)18-4/h7-8,17H,5-6,9,16H2,1-4H3. The first-order valence-electron chi connectivity index (χ1n) is 6.46. The Morgan fingerprint density at radius 2 is 1.94 bits per heavy atom. The summed E-state index contributed by atoms with van der Waals surface area (Å²) in [6.07, 6.45) is 2.10. The number of phenolic OH excluding ortho intramolecular Hbond substituents is 1. The normalized spacial score (nSPS) is 17.6. The molecule has 0 atom stereocenters. The SMILES string of the molecule is COc1cc(C(C)(C)C)cc(C2(CN)CC2)c1O. The second-order valence-corrected chi connectivity index (χ2v) is 6.31. The van der Waals surface area contributed by atoms with Gasteiger partial charge in [0, 0.05) is 17.5 Å². The lowest BCUT2D eigenvalue weighted by atomic mass is 9.83. The second kappa shape index (κ2) is 4.16. The third-order valence-corrected chi connectivity index (χ3v) is 3.98. The third-order valence-electron chi connectivity index (χ3n) is 3.98. The third kappa shape index (κ3) is 2.07. The van der Waals surface area contributed by atoms with Crippen LogP contribution in [0.4, 0.5) is 0 Å². The molecule has 3 heteroatoms. The summed E-state index contributed by atoms with van der Waals surface area (Å²) in [7, 11) is 1.59. The van der Waals surface area contributed by atoms with Gasteiger partial charge in [0.2, 0.25) is 0 Å². The molecular formula is C15H23NO2. The highest BCUT2D eigenvalue weighted by atomic mass is 16.5. The van der Waals surface area contributed by atoms with Crippen molar-refractivity contribution in [1.29, 1.82) is 0 Å². The molecule has 18 heavy (non-hydrogen) atoms. The highest BCUT2D eigenvalue weighted by Gasteiger charge is 2.45. The quantitative estimate of drug-likeness (QED) is 0.866. The molecule has 0 heterocycles. The number of aromatic hydroxyl groups is 1. The number of benzene rings is 1. The smallest absolute Gasteiger partial charge is 0.161 e. The largest absolute Gasteiger partial charge is 0.504 e. The lowest BCUT2D eigenvalue weighted by Gasteiger charge is -2.24. The number of ether oxygens (including phenoxy) is 1. The first kappa shape index (κ1) is 13.2. The van der Waals surface area contributed by atoms with Crippen molar-refractivity contribution in [3.05, 3.63) is 23.3 Å². The average molecular weight is 249 g/mol. The van der Waals surface area contributed by atoms with Crippen LogP contribution in [0.15, 0.2) is 12.1 Å². The Labute approximate surface area is 109 Å². The van der Waals surface area contributed by atoms with E-state index >= 15 is 0 Å². The lowest BCUT2D eigenvalue weighted by molar-refractivity contribution is 0.365. The molecule has 1 aromatic carbocycles. The molecule has 0 aliphatic heterocycles. The number of hydrogen-bond acceptors (Lipinski definition) is 3. The summed E-state index contributed by atoms with van der Waals surface area (Å²) in [5.41, 5.74) is 7.99. The molecule has 0 radical (unpaired) electrons. The van der Waals surface area contributed by atoms with Crippen LogP contribution in [-0.4, -0.2) is 18.8 Å². The van der Waals surface area contributed by atoms with E-state index in [0.717, 1.165) is 18.4 Å². The minimum Gasteiger partial charge on any atom is -0.504 e. The summed E-state index contributed by atoms with van der Waals surface area (Å²) in [5.74, 6) is 0.811. The van der Waals surface area contributed by atoms with Crippen molar-refractivity contribution >= 4 is 0 Å². The van der Waals surface area contributed by atoms with Crippen LogP contribution < -0.4 is 10.5 Å². The van der Waals surface area contributed by atoms with Crippen molar-refractivity contribution in [2.24, 2.45) is 5.73 Å². The van der Waals surface area contributed by atoms with Gasteiger partial charge in [0.1, 0.15) is 0 Å². The molecule has 1 fully saturated rings. The van der Waals surface area contributed by atoms with Crippen LogP contribution in [-0.2, 0) is 10.8 Å². The van der Waals surface area contributed by atoms with E-state index in [1.165, 1.54) is 5.56 Å². The fourth-order valence-corrected chi connectivity index (χ4v) is 2.34. The van der Waals surface area contributed by atoms with Crippen LogP contribution in [0.3, 0.4) is 0 Å². The van der Waals surface area contributed by atoms with Gasteiger partial charge in [0.05, 0.1) is 7.11 Å². The Morgan fingerprint density at radius 3 is 2.33 bits per heavy atom. The lowest BCUT2D eigenvalue weighted by Crippen LogP contribution is -2.21. The van der Waals surface area contributed by atoms with E-state index in [1.807, 2.05) is 6.07 Å². The molecule has 0 amide bonds. The summed E-state index contributed by atoms with van der Waals surface area (Å²) in [6.45, 7) is 7.05. The average Bonchev–Trinajstić information content (AvgIpc) is 3.08. The van der Waals surface area contributed by atoms with Gasteiger partial charge in [0.25, 0.3) is 0 Å². The molecule has 0 bridgehead atoms. The van der Waals surface area contributed by atoms with Gasteiger partial charge in [-0.3, -0.25) is 0 Å². The first-order valence-corrected chi connectivity index (χ1v) is 6.46. The van der Waals surface area contributed by atoms with Crippen LogP contribution in [0.2, 0.25) is 0 Å². The molecule has 1 aromatic rings. The minimum atomic E-state index is -0.0291. The van der Waals surface area contributed by atoms with Gasteiger partial charge < -0.3 is 15.6 Å². The Kier molecular flexibility index (Phi) is 3.06. The van der Waals surface area contributed by atoms with Crippen molar-refractivity contribution in [2.75, 3.05) is 13.7 Å². The first-order chi connectivity index (χ1) is 8.34. The van der Waals surface area contributed by atoms with Crippen LogP contribution in [0.25, 0.3) is 0 Å². The number of phenols is 1. The molecule has 1 saturated carbocycles. The summed E-state index contributed by atoms with van der Waals surface area (Å²) < 4.78 is 5.30. The van der Waals surface area contributed by atoms with E-state index in [-0.39, 0.29) is 16.6 Å². The van der Waals surface area contributed by atoms with Crippen LogP contribution in [0, 0.1) is 0 Å². The molecule has 1 aliphatic carbocycles. The van der Waals surface area contributed by atoms with Crippen LogP contribution in [0.1, 0.15) is 44.7 Å².